The highest BCUT2D eigenvalue weighted by Crippen LogP contribution is 2.62. The van der Waals surface area contributed by atoms with Gasteiger partial charge in [-0.15, -0.1) is 0 Å². The summed E-state index contributed by atoms with van der Waals surface area (Å²) in [6.45, 7) is 5.12. The molecule has 2 saturated carbocycles. The van der Waals surface area contributed by atoms with Crippen LogP contribution in [-0.2, 0) is 24.4 Å². The van der Waals surface area contributed by atoms with Gasteiger partial charge in [-0.1, -0.05) is 18.2 Å². The van der Waals surface area contributed by atoms with Crippen molar-refractivity contribution in [3.63, 3.8) is 0 Å². The minimum absolute atomic E-state index is 0.0128. The van der Waals surface area contributed by atoms with Gasteiger partial charge in [0.1, 0.15) is 0 Å². The Morgan fingerprint density at radius 3 is 2.44 bits per heavy atom. The lowest BCUT2D eigenvalue weighted by atomic mass is 9.55. The van der Waals surface area contributed by atoms with Crippen LogP contribution in [0, 0.1) is 16.7 Å². The van der Waals surface area contributed by atoms with E-state index in [-0.39, 0.29) is 43.0 Å². The van der Waals surface area contributed by atoms with E-state index in [1.165, 1.54) is 6.92 Å². The van der Waals surface area contributed by atoms with E-state index in [1.54, 1.807) is 0 Å². The maximum atomic E-state index is 13.9. The monoisotopic (exact) mass is 486 g/mol. The maximum Gasteiger partial charge on any atom is 0.432 e. The number of ether oxygens (including phenoxy) is 1. The quantitative estimate of drug-likeness (QED) is 0.189. The average Bonchev–Trinajstić information content (AvgIpc) is 2.80. The average molecular weight is 486 g/mol. The summed E-state index contributed by atoms with van der Waals surface area (Å²) in [4.78, 5) is 25.4. The van der Waals surface area contributed by atoms with Crippen molar-refractivity contribution in [1.82, 2.24) is 0 Å². The number of halogens is 5. The molecule has 4 aliphatic rings. The number of hydrogen-bond donors (Lipinski definition) is 1. The normalized spacial score (nSPS) is 31.0. The van der Waals surface area contributed by atoms with Crippen LogP contribution in [0.25, 0.3) is 0 Å². The van der Waals surface area contributed by atoms with Gasteiger partial charge in [0.25, 0.3) is 6.10 Å². The fraction of sp³-hybridized carbons (Fsp3) is 0.700. The van der Waals surface area contributed by atoms with Crippen LogP contribution < -0.4 is 0 Å². The van der Waals surface area contributed by atoms with Crippen molar-refractivity contribution in [3.05, 3.63) is 23.8 Å². The Bertz CT molecular complexity index is 985. The lowest BCUT2D eigenvalue weighted by Crippen LogP contribution is -2.55. The Hall–Kier alpha value is -1.82. The number of esters is 1. The molecule has 0 aliphatic heterocycles. The maximum absolute atomic E-state index is 13.9. The van der Waals surface area contributed by atoms with Crippen molar-refractivity contribution in [2.45, 2.75) is 69.4 Å². The van der Waals surface area contributed by atoms with Gasteiger partial charge in [-0.05, 0) is 62.4 Å². The molecule has 4 rings (SSSR count). The minimum Gasteiger partial charge on any atom is -0.444 e. The zero-order chi connectivity index (χ0) is 24.3. The van der Waals surface area contributed by atoms with Gasteiger partial charge in [0.2, 0.25) is 0 Å². The Morgan fingerprint density at radius 2 is 1.91 bits per heavy atom. The first-order chi connectivity index (χ1) is 14.4. The summed E-state index contributed by atoms with van der Waals surface area (Å²) in [5.74, 6) is -2.12. The Balaban J connectivity index is 1.97. The predicted molar refractivity (Wildman–Crippen MR) is 101 cm³/mol. The molecule has 0 aromatic rings. The number of fused-ring (bicyclic) bond motifs is 1. The van der Waals surface area contributed by atoms with Crippen LogP contribution in [0.4, 0.5) is 22.0 Å². The highest BCUT2D eigenvalue weighted by atomic mass is 32.2. The molecule has 4 bridgehead atoms. The third-order valence-corrected chi connectivity index (χ3v) is 7.59. The Morgan fingerprint density at radius 1 is 1.28 bits per heavy atom. The van der Waals surface area contributed by atoms with Gasteiger partial charge in [0.05, 0.1) is 5.41 Å². The molecule has 180 valence electrons. The molecule has 0 aromatic carbocycles. The van der Waals surface area contributed by atoms with E-state index in [0.717, 1.165) is 5.57 Å². The van der Waals surface area contributed by atoms with Crippen molar-refractivity contribution >= 4 is 21.9 Å². The second-order valence-electron chi connectivity index (χ2n) is 9.37. The summed E-state index contributed by atoms with van der Waals surface area (Å²) in [5.41, 5.74) is -1.29. The fourth-order valence-electron chi connectivity index (χ4n) is 5.50. The summed E-state index contributed by atoms with van der Waals surface area (Å²) >= 11 is 0. The lowest BCUT2D eigenvalue weighted by Gasteiger charge is -2.49. The molecule has 12 heteroatoms. The number of ketones is 1. The molecule has 0 aromatic heterocycles. The number of alkyl halides is 5. The van der Waals surface area contributed by atoms with Gasteiger partial charge in [0, 0.05) is 6.42 Å². The van der Waals surface area contributed by atoms with Crippen molar-refractivity contribution in [2.24, 2.45) is 16.7 Å². The van der Waals surface area contributed by atoms with Crippen LogP contribution in [0.1, 0.15) is 51.9 Å². The molecule has 6 nitrogen and oxygen atoms in total. The van der Waals surface area contributed by atoms with E-state index >= 15 is 0 Å². The number of Topliss-reactive ketones (excluding diaryl/α,β-unsaturated/α-hetero) is 1. The number of hydrogen-bond acceptors (Lipinski definition) is 5. The second kappa shape index (κ2) is 7.61. The summed E-state index contributed by atoms with van der Waals surface area (Å²) in [6, 6.07) is 0. The van der Waals surface area contributed by atoms with Gasteiger partial charge in [0.15, 0.2) is 5.78 Å². The van der Waals surface area contributed by atoms with Crippen LogP contribution in [-0.4, -0.2) is 42.3 Å². The predicted octanol–water partition coefficient (Wildman–Crippen LogP) is 4.37. The molecule has 0 spiro atoms. The first-order valence-electron chi connectivity index (χ1n) is 9.92. The molecular formula is C20H23F5O6S. The standard InChI is InChI=1S/C20H23F5O6S/c1-11(2)14(26)9-17-4-3-12-5-13(6-17)8-18(7-12,10-17)16(27)31-15(19(21,22)23)20(24,25)32(28,29)30/h5,13,15H,1,3-4,6-10H2,2H3,(H,28,29,30). The topological polar surface area (TPSA) is 97.7 Å². The third-order valence-electron chi connectivity index (χ3n) is 6.69. The van der Waals surface area contributed by atoms with Crippen LogP contribution in [0.15, 0.2) is 23.8 Å². The van der Waals surface area contributed by atoms with E-state index in [1.807, 2.05) is 6.08 Å². The number of carbonyl (C=O) groups is 2. The second-order valence-corrected chi connectivity index (χ2v) is 10.9. The van der Waals surface area contributed by atoms with Crippen molar-refractivity contribution in [2.75, 3.05) is 0 Å². The molecular weight excluding hydrogens is 463 g/mol. The van der Waals surface area contributed by atoms with Crippen LogP contribution in [0.2, 0.25) is 0 Å². The molecule has 1 N–H and O–H groups in total. The van der Waals surface area contributed by atoms with Crippen LogP contribution >= 0.6 is 0 Å². The molecule has 4 atom stereocenters. The Labute approximate surface area is 181 Å². The zero-order valence-electron chi connectivity index (χ0n) is 17.2. The summed E-state index contributed by atoms with van der Waals surface area (Å²) in [7, 11) is -6.53. The van der Waals surface area contributed by atoms with Crippen molar-refractivity contribution in [3.8, 4) is 0 Å². The number of allylic oxidation sites excluding steroid dienone is 3. The van der Waals surface area contributed by atoms with Crippen molar-refractivity contribution < 1.29 is 49.2 Å². The van der Waals surface area contributed by atoms with E-state index in [0.29, 0.717) is 19.3 Å². The van der Waals surface area contributed by atoms with Crippen molar-refractivity contribution in [1.29, 1.82) is 0 Å². The highest BCUT2D eigenvalue weighted by molar-refractivity contribution is 7.86. The molecule has 4 aliphatic carbocycles. The van der Waals surface area contributed by atoms with Crippen LogP contribution in [0.5, 0.6) is 0 Å². The van der Waals surface area contributed by atoms with E-state index in [4.69, 9.17) is 4.55 Å². The zero-order valence-corrected chi connectivity index (χ0v) is 18.0. The fourth-order valence-corrected chi connectivity index (χ4v) is 5.95. The smallest absolute Gasteiger partial charge is 0.432 e. The SMILES string of the molecule is C=C(C)C(=O)CC12CCC3=CC(C1)CC(C(=O)OC(C(F)(F)F)C(F)(F)S(=O)(=O)O)(C3)C2. The summed E-state index contributed by atoms with van der Waals surface area (Å²) < 4.78 is 102. The summed E-state index contributed by atoms with van der Waals surface area (Å²) in [6.07, 6.45) is -6.93. The van der Waals surface area contributed by atoms with Crippen LogP contribution in [0.3, 0.4) is 0 Å². The van der Waals surface area contributed by atoms with Gasteiger partial charge in [-0.2, -0.15) is 30.4 Å². The first-order valence-corrected chi connectivity index (χ1v) is 11.4. The van der Waals surface area contributed by atoms with Gasteiger partial charge >= 0.3 is 27.5 Å². The molecule has 0 heterocycles. The molecule has 32 heavy (non-hydrogen) atoms. The summed E-state index contributed by atoms with van der Waals surface area (Å²) in [5, 5.41) is -5.79. The largest absolute Gasteiger partial charge is 0.444 e. The third kappa shape index (κ3) is 4.35. The van der Waals surface area contributed by atoms with E-state index in [2.05, 4.69) is 11.3 Å². The number of carbonyl (C=O) groups excluding carboxylic acids is 2. The molecule has 0 saturated heterocycles. The number of rotatable bonds is 7. The van der Waals surface area contributed by atoms with Gasteiger partial charge < -0.3 is 4.74 Å². The molecule has 0 radical (unpaired) electrons. The van der Waals surface area contributed by atoms with Gasteiger partial charge in [-0.3, -0.25) is 14.1 Å². The minimum atomic E-state index is -6.53. The molecule has 4 unspecified atom stereocenters. The molecule has 0 amide bonds. The van der Waals surface area contributed by atoms with Gasteiger partial charge in [-0.25, -0.2) is 0 Å². The lowest BCUT2D eigenvalue weighted by molar-refractivity contribution is -0.264. The molecule has 2 fully saturated rings. The van der Waals surface area contributed by atoms with E-state index < -0.39 is 44.5 Å². The van der Waals surface area contributed by atoms with E-state index in [9.17, 15) is 40.0 Å². The highest BCUT2D eigenvalue weighted by Gasteiger charge is 2.67. The Kier molecular flexibility index (Phi) is 5.90. The first kappa shape index (κ1) is 24.8.